The zero-order chi connectivity index (χ0) is 26.6. The van der Waals surface area contributed by atoms with Crippen LogP contribution in [0.25, 0.3) is 22.2 Å². The number of nitrogens with one attached hydrogen (secondary N) is 2. The molecule has 1 saturated heterocycles. The van der Waals surface area contributed by atoms with E-state index in [2.05, 4.69) is 20.7 Å². The molecular formula is C27H24FN5O5. The van der Waals surface area contributed by atoms with Gasteiger partial charge in [-0.1, -0.05) is 17.3 Å². The van der Waals surface area contributed by atoms with Crippen molar-refractivity contribution in [1.29, 1.82) is 0 Å². The number of rotatable bonds is 9. The van der Waals surface area contributed by atoms with E-state index in [0.29, 0.717) is 39.2 Å². The molecule has 10 nitrogen and oxygen atoms in total. The van der Waals surface area contributed by atoms with Gasteiger partial charge < -0.3 is 14.8 Å². The number of aromatic amines is 1. The minimum atomic E-state index is -0.635. The Bertz CT molecular complexity index is 1500. The van der Waals surface area contributed by atoms with Crippen molar-refractivity contribution in [2.75, 3.05) is 25.1 Å². The third-order valence-corrected chi connectivity index (χ3v) is 6.30. The lowest BCUT2D eigenvalue weighted by Gasteiger charge is -2.15. The van der Waals surface area contributed by atoms with Crippen molar-refractivity contribution < 1.29 is 28.2 Å². The maximum absolute atomic E-state index is 15.1. The van der Waals surface area contributed by atoms with Gasteiger partial charge in [-0.3, -0.25) is 19.6 Å². The summed E-state index contributed by atoms with van der Waals surface area (Å²) in [6.45, 7) is 0.216. The Morgan fingerprint density at radius 1 is 1.13 bits per heavy atom. The first-order valence-electron chi connectivity index (χ1n) is 11.9. The number of ketones is 1. The van der Waals surface area contributed by atoms with Crippen molar-refractivity contribution in [2.24, 2.45) is 0 Å². The first-order chi connectivity index (χ1) is 18.4. The number of aromatic nitrogens is 3. The number of Topliss-reactive ketones (excluding diaryl/α,β-unsaturated/α-hetero) is 1. The molecule has 194 valence electrons. The largest absolute Gasteiger partial charge is 0.497 e. The number of ether oxygens (including phenoxy) is 2. The van der Waals surface area contributed by atoms with Crippen LogP contribution in [-0.2, 0) is 9.53 Å². The third-order valence-electron chi connectivity index (χ3n) is 6.30. The minimum Gasteiger partial charge on any atom is -0.497 e. The van der Waals surface area contributed by atoms with E-state index in [4.69, 9.17) is 9.47 Å². The first kappa shape index (κ1) is 24.9. The molecule has 0 radical (unpaired) electrons. The lowest BCUT2D eigenvalue weighted by molar-refractivity contribution is -0.121. The van der Waals surface area contributed by atoms with Crippen LogP contribution in [0.3, 0.4) is 0 Å². The number of carbonyl (C=O) groups is 3. The number of halogens is 1. The molecule has 2 heterocycles. The highest BCUT2D eigenvalue weighted by molar-refractivity contribution is 5.98. The zero-order valence-corrected chi connectivity index (χ0v) is 20.4. The molecule has 0 aliphatic carbocycles. The molecule has 0 unspecified atom stereocenters. The molecule has 1 fully saturated rings. The number of cyclic esters (lactones) is 1. The predicted octanol–water partition coefficient (Wildman–Crippen LogP) is 3.88. The van der Waals surface area contributed by atoms with Crippen LogP contribution in [0.5, 0.6) is 5.75 Å². The molecule has 1 aliphatic heterocycles. The van der Waals surface area contributed by atoms with Gasteiger partial charge in [-0.05, 0) is 48.5 Å². The van der Waals surface area contributed by atoms with E-state index < -0.39 is 18.0 Å². The van der Waals surface area contributed by atoms with Crippen LogP contribution in [0, 0.1) is 5.82 Å². The summed E-state index contributed by atoms with van der Waals surface area (Å²) in [4.78, 5) is 38.3. The summed E-state index contributed by atoms with van der Waals surface area (Å²) in [5, 5.41) is 13.2. The Morgan fingerprint density at radius 2 is 1.95 bits per heavy atom. The molecule has 11 heteroatoms. The van der Waals surface area contributed by atoms with E-state index >= 15 is 4.39 Å². The number of fused-ring (bicyclic) bond motifs is 1. The number of nitrogens with zero attached hydrogens (tertiary/aromatic N) is 3. The van der Waals surface area contributed by atoms with Gasteiger partial charge in [0.05, 0.1) is 31.4 Å². The number of hydrogen-bond donors (Lipinski definition) is 2. The van der Waals surface area contributed by atoms with Gasteiger partial charge in [0.25, 0.3) is 0 Å². The number of amides is 2. The van der Waals surface area contributed by atoms with Gasteiger partial charge in [-0.25, -0.2) is 9.18 Å². The molecule has 0 spiro atoms. The van der Waals surface area contributed by atoms with Crippen molar-refractivity contribution in [3.8, 4) is 16.9 Å². The molecule has 38 heavy (non-hydrogen) atoms. The number of anilines is 1. The number of H-pyrrole nitrogens is 1. The van der Waals surface area contributed by atoms with Crippen molar-refractivity contribution in [2.45, 2.75) is 18.9 Å². The van der Waals surface area contributed by atoms with Gasteiger partial charge in [0.2, 0.25) is 5.91 Å². The fraction of sp³-hybridized carbons (Fsp3) is 0.222. The molecule has 0 saturated carbocycles. The molecule has 0 bridgehead atoms. The van der Waals surface area contributed by atoms with Crippen LogP contribution < -0.4 is 15.0 Å². The average molecular weight is 518 g/mol. The van der Waals surface area contributed by atoms with E-state index in [0.717, 1.165) is 0 Å². The summed E-state index contributed by atoms with van der Waals surface area (Å²) in [5.41, 5.74) is 2.96. The second-order valence-electron chi connectivity index (χ2n) is 8.75. The van der Waals surface area contributed by atoms with Gasteiger partial charge in [-0.2, -0.15) is 0 Å². The van der Waals surface area contributed by atoms with Crippen LogP contribution in [0.1, 0.15) is 23.2 Å². The SMILES string of the molecule is COc1ccc(C(=O)CCC(=O)NC[C@H]2CN(c3ccc(-c4cccc5[nH]nnc45)c(F)c3)C(=O)O2)cc1. The second kappa shape index (κ2) is 10.7. The molecule has 3 aromatic carbocycles. The highest BCUT2D eigenvalue weighted by Gasteiger charge is 2.33. The van der Waals surface area contributed by atoms with Crippen LogP contribution in [0.15, 0.2) is 60.7 Å². The van der Waals surface area contributed by atoms with Gasteiger partial charge in [0.1, 0.15) is 23.2 Å². The van der Waals surface area contributed by atoms with E-state index in [1.807, 2.05) is 0 Å². The Hall–Kier alpha value is -4.80. The molecule has 5 rings (SSSR count). The molecule has 1 aromatic heterocycles. The molecule has 2 amide bonds. The normalized spacial score (nSPS) is 14.9. The summed E-state index contributed by atoms with van der Waals surface area (Å²) < 4.78 is 25.5. The van der Waals surface area contributed by atoms with Crippen molar-refractivity contribution in [1.82, 2.24) is 20.7 Å². The van der Waals surface area contributed by atoms with Gasteiger partial charge >= 0.3 is 6.09 Å². The van der Waals surface area contributed by atoms with Crippen LogP contribution in [0.2, 0.25) is 0 Å². The van der Waals surface area contributed by atoms with Gasteiger partial charge in [-0.15, -0.1) is 5.10 Å². The van der Waals surface area contributed by atoms with E-state index in [-0.39, 0.29) is 37.6 Å². The highest BCUT2D eigenvalue weighted by Crippen LogP contribution is 2.32. The Morgan fingerprint density at radius 3 is 2.71 bits per heavy atom. The number of methoxy groups -OCH3 is 1. The first-order valence-corrected chi connectivity index (χ1v) is 11.9. The third kappa shape index (κ3) is 5.17. The lowest BCUT2D eigenvalue weighted by Crippen LogP contribution is -2.34. The average Bonchev–Trinajstić information content (AvgIpc) is 3.57. The summed E-state index contributed by atoms with van der Waals surface area (Å²) >= 11 is 0. The summed E-state index contributed by atoms with van der Waals surface area (Å²) in [7, 11) is 1.54. The Kier molecular flexibility index (Phi) is 6.98. The van der Waals surface area contributed by atoms with Crippen molar-refractivity contribution in [3.05, 3.63) is 72.0 Å². The monoisotopic (exact) mass is 517 g/mol. The smallest absolute Gasteiger partial charge is 0.414 e. The summed E-state index contributed by atoms with van der Waals surface area (Å²) in [6.07, 6.45) is -1.21. The molecular weight excluding hydrogens is 493 g/mol. The van der Waals surface area contributed by atoms with E-state index in [9.17, 15) is 14.4 Å². The number of benzene rings is 3. The number of hydrogen-bond acceptors (Lipinski definition) is 7. The van der Waals surface area contributed by atoms with Crippen LogP contribution >= 0.6 is 0 Å². The zero-order valence-electron chi connectivity index (χ0n) is 20.4. The Labute approximate surface area is 216 Å². The quantitative estimate of drug-likeness (QED) is 0.323. The maximum Gasteiger partial charge on any atom is 0.414 e. The second-order valence-corrected chi connectivity index (χ2v) is 8.75. The topological polar surface area (TPSA) is 127 Å². The highest BCUT2D eigenvalue weighted by atomic mass is 19.1. The Balaban J connectivity index is 1.15. The predicted molar refractivity (Wildman–Crippen MR) is 136 cm³/mol. The van der Waals surface area contributed by atoms with Crippen molar-refractivity contribution >= 4 is 34.5 Å². The fourth-order valence-electron chi connectivity index (χ4n) is 4.28. The van der Waals surface area contributed by atoms with E-state index in [1.165, 1.54) is 11.0 Å². The molecule has 1 atom stereocenters. The number of carbonyl (C=O) groups excluding carboxylic acids is 3. The van der Waals surface area contributed by atoms with Gasteiger partial charge in [0.15, 0.2) is 5.78 Å². The lowest BCUT2D eigenvalue weighted by atomic mass is 10.0. The minimum absolute atomic E-state index is 0.000189. The summed E-state index contributed by atoms with van der Waals surface area (Å²) in [6, 6.07) is 16.5. The molecule has 1 aliphatic rings. The van der Waals surface area contributed by atoms with E-state index in [1.54, 1.807) is 61.7 Å². The van der Waals surface area contributed by atoms with Crippen LogP contribution in [-0.4, -0.2) is 59.5 Å². The van der Waals surface area contributed by atoms with Gasteiger partial charge in [0, 0.05) is 29.5 Å². The molecule has 2 N–H and O–H groups in total. The summed E-state index contributed by atoms with van der Waals surface area (Å²) in [5.74, 6) is -0.378. The fourth-order valence-corrected chi connectivity index (χ4v) is 4.28. The van der Waals surface area contributed by atoms with Crippen LogP contribution in [0.4, 0.5) is 14.9 Å². The molecule has 4 aromatic rings. The maximum atomic E-state index is 15.1. The van der Waals surface area contributed by atoms with Crippen molar-refractivity contribution in [3.63, 3.8) is 0 Å². The standard InChI is InChI=1S/C27H24FN5O5/c1-37-18-8-5-16(6-9-18)24(34)11-12-25(35)29-14-19-15-33(27(36)38-19)17-7-10-20(22(28)13-17)21-3-2-4-23-26(21)31-32-30-23/h2-10,13,19H,11-12,14-15H2,1H3,(H,29,35)(H,30,31,32)/t19-/m0/s1.